The average molecular weight is 242 g/mol. The third-order valence-corrected chi connectivity index (χ3v) is 3.30. The molecule has 1 atom stereocenters. The minimum absolute atomic E-state index is 0.202. The van der Waals surface area contributed by atoms with Crippen LogP contribution in [0.25, 0.3) is 0 Å². The van der Waals surface area contributed by atoms with Gasteiger partial charge in [0.1, 0.15) is 0 Å². The maximum Gasteiger partial charge on any atom is 0.203 e. The lowest BCUT2D eigenvalue weighted by Gasteiger charge is -2.16. The lowest BCUT2D eigenvalue weighted by atomic mass is 10.2. The van der Waals surface area contributed by atoms with E-state index in [9.17, 15) is 0 Å². The molecule has 0 spiro atoms. The third-order valence-electron chi connectivity index (χ3n) is 3.30. The van der Waals surface area contributed by atoms with Crippen molar-refractivity contribution >= 4 is 5.95 Å². The van der Waals surface area contributed by atoms with Gasteiger partial charge in [-0.2, -0.15) is 0 Å². The van der Waals surface area contributed by atoms with E-state index < -0.39 is 0 Å². The number of anilines is 1. The summed E-state index contributed by atoms with van der Waals surface area (Å²) in [6.07, 6.45) is 6.43. The lowest BCUT2D eigenvalue weighted by Crippen LogP contribution is -2.13. The monoisotopic (exact) mass is 242 g/mol. The van der Waals surface area contributed by atoms with E-state index in [1.807, 2.05) is 25.3 Å². The van der Waals surface area contributed by atoms with Gasteiger partial charge in [-0.15, -0.1) is 0 Å². The second-order valence-electron chi connectivity index (χ2n) is 4.96. The van der Waals surface area contributed by atoms with Crippen LogP contribution < -0.4 is 5.32 Å². The van der Waals surface area contributed by atoms with Crippen LogP contribution in [0.4, 0.5) is 5.95 Å². The number of pyridine rings is 1. The molecule has 4 heteroatoms. The van der Waals surface area contributed by atoms with Gasteiger partial charge in [-0.05, 0) is 38.8 Å². The largest absolute Gasteiger partial charge is 0.353 e. The lowest BCUT2D eigenvalue weighted by molar-refractivity contribution is 0.624. The Bertz CT molecular complexity index is 528. The molecule has 94 valence electrons. The zero-order chi connectivity index (χ0) is 12.5. The highest BCUT2D eigenvalue weighted by Gasteiger charge is 2.24. The molecular weight excluding hydrogens is 224 g/mol. The Morgan fingerprint density at radius 2 is 2.22 bits per heavy atom. The number of aryl methyl sites for hydroxylation is 1. The summed E-state index contributed by atoms with van der Waals surface area (Å²) < 4.78 is 2.18. The summed E-state index contributed by atoms with van der Waals surface area (Å²) in [5.41, 5.74) is 2.11. The number of imidazole rings is 1. The molecule has 18 heavy (non-hydrogen) atoms. The van der Waals surface area contributed by atoms with E-state index in [-0.39, 0.29) is 6.04 Å². The summed E-state index contributed by atoms with van der Waals surface area (Å²) in [7, 11) is 0. The molecule has 0 bridgehead atoms. The van der Waals surface area contributed by atoms with Gasteiger partial charge in [-0.3, -0.25) is 4.98 Å². The molecule has 1 aliphatic rings. The molecule has 3 rings (SSSR count). The van der Waals surface area contributed by atoms with Gasteiger partial charge in [-0.1, -0.05) is 6.07 Å². The Morgan fingerprint density at radius 1 is 1.39 bits per heavy atom. The minimum Gasteiger partial charge on any atom is -0.353 e. The van der Waals surface area contributed by atoms with E-state index in [4.69, 9.17) is 0 Å². The summed E-state index contributed by atoms with van der Waals surface area (Å²) in [6.45, 7) is 4.18. The number of hydrogen-bond donors (Lipinski definition) is 1. The first-order valence-corrected chi connectivity index (χ1v) is 6.47. The highest BCUT2D eigenvalue weighted by atomic mass is 15.2. The van der Waals surface area contributed by atoms with Crippen LogP contribution in [0.2, 0.25) is 0 Å². The maximum absolute atomic E-state index is 4.56. The van der Waals surface area contributed by atoms with Crippen molar-refractivity contribution in [2.45, 2.75) is 38.8 Å². The molecule has 1 N–H and O–H groups in total. The Morgan fingerprint density at radius 3 is 2.89 bits per heavy atom. The smallest absolute Gasteiger partial charge is 0.203 e. The van der Waals surface area contributed by atoms with Crippen molar-refractivity contribution in [1.82, 2.24) is 14.5 Å². The fourth-order valence-electron chi connectivity index (χ4n) is 2.09. The molecule has 0 aromatic carbocycles. The van der Waals surface area contributed by atoms with Gasteiger partial charge in [0.2, 0.25) is 5.95 Å². The van der Waals surface area contributed by atoms with Gasteiger partial charge < -0.3 is 9.88 Å². The Balaban J connectivity index is 1.90. The van der Waals surface area contributed by atoms with Crippen LogP contribution in [0.15, 0.2) is 30.6 Å². The van der Waals surface area contributed by atoms with Crippen LogP contribution in [0.1, 0.15) is 37.2 Å². The third kappa shape index (κ3) is 2.23. The molecule has 2 aromatic rings. The predicted molar refractivity (Wildman–Crippen MR) is 71.7 cm³/mol. The normalized spacial score (nSPS) is 16.6. The van der Waals surface area contributed by atoms with Crippen molar-refractivity contribution in [2.75, 3.05) is 5.32 Å². The van der Waals surface area contributed by atoms with Gasteiger partial charge in [0.05, 0.1) is 17.4 Å². The standard InChI is InChI=1S/C14H18N4/c1-10-9-18(14(16-10)17-12-6-7-12)11(2)13-5-3-4-8-15-13/h3-5,8-9,11-12H,6-7H2,1-2H3,(H,16,17). The Kier molecular flexibility index (Phi) is 2.78. The zero-order valence-electron chi connectivity index (χ0n) is 10.8. The topological polar surface area (TPSA) is 42.7 Å². The number of hydrogen-bond acceptors (Lipinski definition) is 3. The van der Waals surface area contributed by atoms with Gasteiger partial charge >= 0.3 is 0 Å². The van der Waals surface area contributed by atoms with E-state index in [0.29, 0.717) is 6.04 Å². The van der Waals surface area contributed by atoms with Crippen LogP contribution in [-0.4, -0.2) is 20.6 Å². The SMILES string of the molecule is Cc1cn(C(C)c2ccccn2)c(NC2CC2)n1. The molecule has 2 aromatic heterocycles. The molecule has 4 nitrogen and oxygen atoms in total. The van der Waals surface area contributed by atoms with Crippen molar-refractivity contribution in [1.29, 1.82) is 0 Å². The molecule has 1 fully saturated rings. The second kappa shape index (κ2) is 4.44. The van der Waals surface area contributed by atoms with Gasteiger partial charge in [0, 0.05) is 18.4 Å². The summed E-state index contributed by atoms with van der Waals surface area (Å²) in [4.78, 5) is 8.99. The first-order chi connectivity index (χ1) is 8.74. The van der Waals surface area contributed by atoms with E-state index in [0.717, 1.165) is 17.3 Å². The first-order valence-electron chi connectivity index (χ1n) is 6.47. The molecule has 1 aliphatic carbocycles. The van der Waals surface area contributed by atoms with E-state index in [2.05, 4.69) is 39.0 Å². The molecule has 0 aliphatic heterocycles. The van der Waals surface area contributed by atoms with Crippen molar-refractivity contribution in [2.24, 2.45) is 0 Å². The van der Waals surface area contributed by atoms with Crippen LogP contribution >= 0.6 is 0 Å². The molecule has 0 saturated heterocycles. The summed E-state index contributed by atoms with van der Waals surface area (Å²) in [5, 5.41) is 3.48. The summed E-state index contributed by atoms with van der Waals surface area (Å²) >= 11 is 0. The summed E-state index contributed by atoms with van der Waals surface area (Å²) in [5.74, 6) is 0.966. The summed E-state index contributed by atoms with van der Waals surface area (Å²) in [6, 6.07) is 6.84. The van der Waals surface area contributed by atoms with Crippen LogP contribution in [-0.2, 0) is 0 Å². The molecular formula is C14H18N4. The maximum atomic E-state index is 4.56. The van der Waals surface area contributed by atoms with Crippen molar-refractivity contribution in [3.63, 3.8) is 0 Å². The number of nitrogens with zero attached hydrogens (tertiary/aromatic N) is 3. The molecule has 0 radical (unpaired) electrons. The molecule has 1 saturated carbocycles. The van der Waals surface area contributed by atoms with Gasteiger partial charge in [0.15, 0.2) is 0 Å². The van der Waals surface area contributed by atoms with Gasteiger partial charge in [-0.25, -0.2) is 4.98 Å². The average Bonchev–Trinajstić information content (AvgIpc) is 3.12. The Labute approximate surface area is 107 Å². The van der Waals surface area contributed by atoms with Crippen molar-refractivity contribution in [3.8, 4) is 0 Å². The second-order valence-corrected chi connectivity index (χ2v) is 4.96. The fourth-order valence-corrected chi connectivity index (χ4v) is 2.09. The van der Waals surface area contributed by atoms with E-state index in [1.165, 1.54) is 12.8 Å². The highest BCUT2D eigenvalue weighted by Crippen LogP contribution is 2.27. The van der Waals surface area contributed by atoms with Crippen LogP contribution in [0.5, 0.6) is 0 Å². The van der Waals surface area contributed by atoms with E-state index >= 15 is 0 Å². The minimum atomic E-state index is 0.202. The number of aromatic nitrogens is 3. The van der Waals surface area contributed by atoms with Crippen LogP contribution in [0.3, 0.4) is 0 Å². The number of nitrogens with one attached hydrogen (secondary N) is 1. The quantitative estimate of drug-likeness (QED) is 0.896. The Hall–Kier alpha value is -1.84. The predicted octanol–water partition coefficient (Wildman–Crippen LogP) is 2.77. The van der Waals surface area contributed by atoms with E-state index in [1.54, 1.807) is 0 Å². The van der Waals surface area contributed by atoms with Gasteiger partial charge in [0.25, 0.3) is 0 Å². The van der Waals surface area contributed by atoms with Crippen LogP contribution in [0, 0.1) is 6.92 Å². The zero-order valence-corrected chi connectivity index (χ0v) is 10.8. The first kappa shape index (κ1) is 11.3. The van der Waals surface area contributed by atoms with Crippen molar-refractivity contribution < 1.29 is 0 Å². The molecule has 2 heterocycles. The van der Waals surface area contributed by atoms with Crippen molar-refractivity contribution in [3.05, 3.63) is 42.0 Å². The molecule has 1 unspecified atom stereocenters. The molecule has 0 amide bonds. The fraction of sp³-hybridized carbons (Fsp3) is 0.429. The number of rotatable bonds is 4. The highest BCUT2D eigenvalue weighted by molar-refractivity contribution is 5.34.